The second-order valence-electron chi connectivity index (χ2n) is 7.19. The summed E-state index contributed by atoms with van der Waals surface area (Å²) in [6, 6.07) is 8.17. The Morgan fingerprint density at radius 3 is 2.52 bits per heavy atom. The predicted molar refractivity (Wildman–Crippen MR) is 96.6 cm³/mol. The highest BCUT2D eigenvalue weighted by Gasteiger charge is 2.24. The van der Waals surface area contributed by atoms with E-state index in [4.69, 9.17) is 9.15 Å². The summed E-state index contributed by atoms with van der Waals surface area (Å²) in [5.74, 6) is 0.624. The summed E-state index contributed by atoms with van der Waals surface area (Å²) in [7, 11) is 0. The predicted octanol–water partition coefficient (Wildman–Crippen LogP) is 3.79. The smallest absolute Gasteiger partial charge is 0.410 e. The Labute approximate surface area is 148 Å². The lowest BCUT2D eigenvalue weighted by Gasteiger charge is -2.27. The largest absolute Gasteiger partial charge is 0.445 e. The summed E-state index contributed by atoms with van der Waals surface area (Å²) >= 11 is 0. The Balaban J connectivity index is 1.62. The molecule has 1 aliphatic heterocycles. The van der Waals surface area contributed by atoms with Crippen molar-refractivity contribution in [2.45, 2.75) is 32.8 Å². The lowest BCUT2D eigenvalue weighted by molar-refractivity contribution is 0.0263. The van der Waals surface area contributed by atoms with Gasteiger partial charge in [0.2, 0.25) is 5.89 Å². The number of benzene rings is 1. The zero-order valence-corrected chi connectivity index (χ0v) is 15.1. The molecular formula is C19H25N3O3. The van der Waals surface area contributed by atoms with Gasteiger partial charge in [-0.1, -0.05) is 0 Å². The number of ether oxygens (including phenoxy) is 1. The molecule has 0 aliphatic carbocycles. The fourth-order valence-electron chi connectivity index (χ4n) is 2.87. The number of rotatable bonds is 2. The van der Waals surface area contributed by atoms with Gasteiger partial charge in [-0.25, -0.2) is 9.78 Å². The Kier molecular flexibility index (Phi) is 4.97. The van der Waals surface area contributed by atoms with Gasteiger partial charge in [0, 0.05) is 37.4 Å². The first kappa shape index (κ1) is 17.3. The number of nitrogens with zero attached hydrogens (tertiary/aromatic N) is 3. The molecule has 2 heterocycles. The van der Waals surface area contributed by atoms with E-state index in [0.717, 1.165) is 37.3 Å². The highest BCUT2D eigenvalue weighted by Crippen LogP contribution is 2.23. The molecule has 3 rings (SSSR count). The molecule has 6 nitrogen and oxygen atoms in total. The fraction of sp³-hybridized carbons (Fsp3) is 0.474. The third kappa shape index (κ3) is 4.53. The Morgan fingerprint density at radius 2 is 1.88 bits per heavy atom. The van der Waals surface area contributed by atoms with E-state index >= 15 is 0 Å². The first-order valence-electron chi connectivity index (χ1n) is 8.65. The van der Waals surface area contributed by atoms with Crippen molar-refractivity contribution in [2.24, 2.45) is 0 Å². The summed E-state index contributed by atoms with van der Waals surface area (Å²) in [5, 5.41) is 0. The molecule has 0 radical (unpaired) electrons. The number of carbonyl (C=O) groups excluding carboxylic acids is 1. The van der Waals surface area contributed by atoms with Gasteiger partial charge < -0.3 is 19.0 Å². The van der Waals surface area contributed by atoms with Gasteiger partial charge in [-0.05, 0) is 51.5 Å². The molecular weight excluding hydrogens is 318 g/mol. The summed E-state index contributed by atoms with van der Waals surface area (Å²) in [6.45, 7) is 8.77. The monoisotopic (exact) mass is 343 g/mol. The van der Waals surface area contributed by atoms with Crippen LogP contribution < -0.4 is 4.90 Å². The van der Waals surface area contributed by atoms with Crippen LogP contribution in [0.4, 0.5) is 10.5 Å². The number of anilines is 1. The standard InChI is InChI=1S/C19H25N3O3/c1-19(2,3)25-18(23)22-11-4-10-21(12-13-22)16-7-5-15(6-8-16)17-20-9-14-24-17/h5-9,14H,4,10-13H2,1-3H3. The van der Waals surface area contributed by atoms with E-state index in [-0.39, 0.29) is 6.09 Å². The zero-order chi connectivity index (χ0) is 17.9. The van der Waals surface area contributed by atoms with Gasteiger partial charge in [-0.3, -0.25) is 0 Å². The molecule has 1 aromatic heterocycles. The van der Waals surface area contributed by atoms with Crippen LogP contribution in [0.15, 0.2) is 41.1 Å². The number of carbonyl (C=O) groups is 1. The summed E-state index contributed by atoms with van der Waals surface area (Å²) < 4.78 is 10.8. The fourth-order valence-corrected chi connectivity index (χ4v) is 2.87. The van der Waals surface area contributed by atoms with Crippen molar-refractivity contribution in [3.8, 4) is 11.5 Å². The minimum atomic E-state index is -0.460. The second kappa shape index (κ2) is 7.17. The van der Waals surface area contributed by atoms with E-state index in [1.165, 1.54) is 0 Å². The van der Waals surface area contributed by atoms with Gasteiger partial charge in [0.25, 0.3) is 0 Å². The van der Waals surface area contributed by atoms with Crippen LogP contribution >= 0.6 is 0 Å². The lowest BCUT2D eigenvalue weighted by Crippen LogP contribution is -2.39. The summed E-state index contributed by atoms with van der Waals surface area (Å²) in [5.41, 5.74) is 1.64. The maximum atomic E-state index is 12.3. The van der Waals surface area contributed by atoms with E-state index in [2.05, 4.69) is 22.0 Å². The molecule has 1 aliphatic rings. The van der Waals surface area contributed by atoms with Crippen LogP contribution in [-0.4, -0.2) is 47.8 Å². The summed E-state index contributed by atoms with van der Waals surface area (Å²) in [6.07, 6.45) is 3.90. The Hall–Kier alpha value is -2.50. The lowest BCUT2D eigenvalue weighted by atomic mass is 10.2. The molecule has 0 N–H and O–H groups in total. The van der Waals surface area contributed by atoms with Crippen molar-refractivity contribution in [2.75, 3.05) is 31.1 Å². The van der Waals surface area contributed by atoms with Crippen molar-refractivity contribution in [1.82, 2.24) is 9.88 Å². The highest BCUT2D eigenvalue weighted by atomic mass is 16.6. The van der Waals surface area contributed by atoms with Gasteiger partial charge in [0.05, 0.1) is 6.20 Å². The van der Waals surface area contributed by atoms with E-state index in [1.807, 2.05) is 32.9 Å². The van der Waals surface area contributed by atoms with Gasteiger partial charge in [0.15, 0.2) is 0 Å². The molecule has 1 amide bonds. The molecule has 25 heavy (non-hydrogen) atoms. The van der Waals surface area contributed by atoms with Crippen molar-refractivity contribution in [1.29, 1.82) is 0 Å². The molecule has 0 unspecified atom stereocenters. The first-order valence-corrected chi connectivity index (χ1v) is 8.65. The van der Waals surface area contributed by atoms with E-state index in [0.29, 0.717) is 12.4 Å². The van der Waals surface area contributed by atoms with Crippen molar-refractivity contribution in [3.63, 3.8) is 0 Å². The molecule has 0 atom stereocenters. The number of hydrogen-bond donors (Lipinski definition) is 0. The van der Waals surface area contributed by atoms with Crippen LogP contribution in [0.3, 0.4) is 0 Å². The third-order valence-electron chi connectivity index (χ3n) is 4.06. The van der Waals surface area contributed by atoms with E-state index < -0.39 is 5.60 Å². The van der Waals surface area contributed by atoms with E-state index in [9.17, 15) is 4.79 Å². The average molecular weight is 343 g/mol. The topological polar surface area (TPSA) is 58.8 Å². The molecule has 0 saturated carbocycles. The van der Waals surface area contributed by atoms with Gasteiger partial charge in [0.1, 0.15) is 11.9 Å². The SMILES string of the molecule is CC(C)(C)OC(=O)N1CCCN(c2ccc(-c3ncco3)cc2)CC1. The van der Waals surface area contributed by atoms with Crippen molar-refractivity contribution < 1.29 is 13.9 Å². The van der Waals surface area contributed by atoms with Gasteiger partial charge in [-0.15, -0.1) is 0 Å². The second-order valence-corrected chi connectivity index (χ2v) is 7.19. The zero-order valence-electron chi connectivity index (χ0n) is 15.1. The molecule has 1 aromatic carbocycles. The molecule has 1 fully saturated rings. The number of oxazole rings is 1. The van der Waals surface area contributed by atoms with Crippen molar-refractivity contribution >= 4 is 11.8 Å². The van der Waals surface area contributed by atoms with Gasteiger partial charge >= 0.3 is 6.09 Å². The van der Waals surface area contributed by atoms with Crippen LogP contribution in [0.5, 0.6) is 0 Å². The summed E-state index contributed by atoms with van der Waals surface area (Å²) in [4.78, 5) is 20.5. The number of hydrogen-bond acceptors (Lipinski definition) is 5. The molecule has 134 valence electrons. The Bertz CT molecular complexity index is 690. The number of amides is 1. The first-order chi connectivity index (χ1) is 11.9. The van der Waals surface area contributed by atoms with Crippen LogP contribution in [0.1, 0.15) is 27.2 Å². The molecule has 0 bridgehead atoms. The third-order valence-corrected chi connectivity index (χ3v) is 4.06. The highest BCUT2D eigenvalue weighted by molar-refractivity contribution is 5.68. The number of aromatic nitrogens is 1. The normalized spacial score (nSPS) is 15.8. The Morgan fingerprint density at radius 1 is 1.12 bits per heavy atom. The molecule has 0 spiro atoms. The van der Waals surface area contributed by atoms with Crippen LogP contribution in [0.2, 0.25) is 0 Å². The minimum absolute atomic E-state index is 0.228. The van der Waals surface area contributed by atoms with Crippen LogP contribution in [0.25, 0.3) is 11.5 Å². The van der Waals surface area contributed by atoms with Crippen molar-refractivity contribution in [3.05, 3.63) is 36.7 Å². The maximum absolute atomic E-state index is 12.3. The van der Waals surface area contributed by atoms with Gasteiger partial charge in [-0.2, -0.15) is 0 Å². The molecule has 2 aromatic rings. The van der Waals surface area contributed by atoms with Crippen LogP contribution in [-0.2, 0) is 4.74 Å². The average Bonchev–Trinajstić information content (AvgIpc) is 2.98. The maximum Gasteiger partial charge on any atom is 0.410 e. The van der Waals surface area contributed by atoms with E-state index in [1.54, 1.807) is 17.4 Å². The molecule has 1 saturated heterocycles. The minimum Gasteiger partial charge on any atom is -0.445 e. The molecule has 6 heteroatoms. The quantitative estimate of drug-likeness (QED) is 0.830. The van der Waals surface area contributed by atoms with Crippen LogP contribution in [0, 0.1) is 0 Å².